The largest absolute Gasteiger partial charge is 0.456 e. The Labute approximate surface area is 193 Å². The molecule has 1 N–H and O–H groups in total. The Kier molecular flexibility index (Phi) is 5.03. The van der Waals surface area contributed by atoms with Crippen LogP contribution in [0.4, 0.5) is 5.69 Å². The second kappa shape index (κ2) is 7.79. The van der Waals surface area contributed by atoms with Gasteiger partial charge in [0.25, 0.3) is 5.91 Å². The van der Waals surface area contributed by atoms with E-state index in [2.05, 4.69) is 25.8 Å². The van der Waals surface area contributed by atoms with Crippen LogP contribution in [0.25, 0.3) is 5.82 Å². The number of carbonyl (C=O) groups excluding carboxylic acids is 2. The molecule has 3 aromatic heterocycles. The smallest absolute Gasteiger partial charge is 0.289 e. The molecule has 0 radical (unpaired) electrons. The van der Waals surface area contributed by atoms with Crippen molar-refractivity contribution in [1.29, 1.82) is 0 Å². The van der Waals surface area contributed by atoms with Gasteiger partial charge in [-0.1, -0.05) is 0 Å². The molecule has 2 amide bonds. The van der Waals surface area contributed by atoms with E-state index in [-0.39, 0.29) is 24.4 Å². The summed E-state index contributed by atoms with van der Waals surface area (Å²) in [6, 6.07) is 9.80. The highest BCUT2D eigenvalue weighted by atomic mass is 16.4. The van der Waals surface area contributed by atoms with Crippen LogP contribution in [0.3, 0.4) is 0 Å². The zero-order valence-electron chi connectivity index (χ0n) is 19.5. The van der Waals surface area contributed by atoms with Gasteiger partial charge in [-0.2, -0.15) is 0 Å². The van der Waals surface area contributed by atoms with Crippen molar-refractivity contribution in [2.75, 3.05) is 24.5 Å². The average molecular weight is 448 g/mol. The minimum absolute atomic E-state index is 0.0440. The summed E-state index contributed by atoms with van der Waals surface area (Å²) in [5.74, 6) is 1.73. The van der Waals surface area contributed by atoms with Gasteiger partial charge in [0, 0.05) is 25.0 Å². The van der Waals surface area contributed by atoms with E-state index in [1.807, 2.05) is 57.0 Å². The van der Waals surface area contributed by atoms with Crippen molar-refractivity contribution in [3.8, 4) is 5.82 Å². The second-order valence-corrected chi connectivity index (χ2v) is 9.28. The van der Waals surface area contributed by atoms with Crippen LogP contribution >= 0.6 is 0 Å². The van der Waals surface area contributed by atoms with Gasteiger partial charge < -0.3 is 24.1 Å². The maximum Gasteiger partial charge on any atom is 0.289 e. The Morgan fingerprint density at radius 2 is 2.06 bits per heavy atom. The lowest BCUT2D eigenvalue weighted by molar-refractivity contribution is -0.120. The number of hydrogen-bond donors (Lipinski definition) is 1. The molecule has 33 heavy (non-hydrogen) atoms. The van der Waals surface area contributed by atoms with E-state index in [0.717, 1.165) is 28.5 Å². The molecule has 1 atom stereocenters. The van der Waals surface area contributed by atoms with Crippen molar-refractivity contribution in [3.63, 3.8) is 0 Å². The van der Waals surface area contributed by atoms with Gasteiger partial charge in [-0.3, -0.25) is 9.59 Å². The molecule has 172 valence electrons. The van der Waals surface area contributed by atoms with Crippen LogP contribution in [0.5, 0.6) is 0 Å². The summed E-state index contributed by atoms with van der Waals surface area (Å²) >= 11 is 0. The predicted octanol–water partition coefficient (Wildman–Crippen LogP) is 3.17. The number of nitrogens with one attached hydrogen (secondary N) is 1. The molecule has 1 fully saturated rings. The van der Waals surface area contributed by atoms with E-state index in [0.29, 0.717) is 25.3 Å². The van der Waals surface area contributed by atoms with Crippen molar-refractivity contribution in [2.24, 2.45) is 0 Å². The normalized spacial score (nSPS) is 19.2. The van der Waals surface area contributed by atoms with E-state index in [9.17, 15) is 9.59 Å². The Morgan fingerprint density at radius 1 is 1.24 bits per heavy atom. The molecule has 5 heterocycles. The number of pyridine rings is 1. The van der Waals surface area contributed by atoms with E-state index >= 15 is 0 Å². The summed E-state index contributed by atoms with van der Waals surface area (Å²) < 4.78 is 7.81. The molecule has 2 aliphatic heterocycles. The molecule has 0 bridgehead atoms. The molecule has 8 nitrogen and oxygen atoms in total. The summed E-state index contributed by atoms with van der Waals surface area (Å²) in [6.07, 6.45) is 4.46. The number of rotatable bonds is 4. The van der Waals surface area contributed by atoms with Crippen LogP contribution in [0.2, 0.25) is 0 Å². The predicted molar refractivity (Wildman–Crippen MR) is 125 cm³/mol. The fourth-order valence-electron chi connectivity index (χ4n) is 5.08. The maximum atomic E-state index is 13.3. The Morgan fingerprint density at radius 3 is 2.79 bits per heavy atom. The van der Waals surface area contributed by atoms with Crippen LogP contribution in [0.1, 0.15) is 47.8 Å². The van der Waals surface area contributed by atoms with Crippen molar-refractivity contribution in [2.45, 2.75) is 45.7 Å². The number of carbonyl (C=O) groups is 2. The van der Waals surface area contributed by atoms with Crippen LogP contribution in [-0.4, -0.2) is 51.9 Å². The lowest BCUT2D eigenvalue weighted by Crippen LogP contribution is -2.56. The fourth-order valence-corrected chi connectivity index (χ4v) is 5.08. The van der Waals surface area contributed by atoms with Crippen LogP contribution in [0, 0.1) is 13.8 Å². The number of hydrogen-bond acceptors (Lipinski definition) is 5. The molecule has 0 aromatic carbocycles. The Balaban J connectivity index is 1.55. The highest BCUT2D eigenvalue weighted by molar-refractivity contribution is 5.92. The Bertz CT molecular complexity index is 1210. The zero-order valence-corrected chi connectivity index (χ0v) is 19.5. The third-order valence-corrected chi connectivity index (χ3v) is 6.69. The number of fused-ring (bicyclic) bond motifs is 4. The van der Waals surface area contributed by atoms with Crippen LogP contribution in [0.15, 0.2) is 47.1 Å². The first-order valence-electron chi connectivity index (χ1n) is 11.4. The summed E-state index contributed by atoms with van der Waals surface area (Å²) in [6.45, 7) is 8.92. The first kappa shape index (κ1) is 21.3. The first-order valence-corrected chi connectivity index (χ1v) is 11.4. The zero-order chi connectivity index (χ0) is 23.3. The highest BCUT2D eigenvalue weighted by Crippen LogP contribution is 2.47. The third-order valence-electron chi connectivity index (χ3n) is 6.69. The second-order valence-electron chi connectivity index (χ2n) is 9.28. The number of amides is 2. The molecule has 1 saturated heterocycles. The van der Waals surface area contributed by atoms with Gasteiger partial charge in [0.15, 0.2) is 11.6 Å². The average Bonchev–Trinajstić information content (AvgIpc) is 3.50. The van der Waals surface area contributed by atoms with Gasteiger partial charge in [0.05, 0.1) is 24.5 Å². The minimum atomic E-state index is -0.541. The molecule has 2 aliphatic rings. The van der Waals surface area contributed by atoms with Crippen molar-refractivity contribution < 1.29 is 14.0 Å². The van der Waals surface area contributed by atoms with E-state index in [1.54, 1.807) is 12.3 Å². The van der Waals surface area contributed by atoms with Gasteiger partial charge >= 0.3 is 0 Å². The van der Waals surface area contributed by atoms with Gasteiger partial charge in [0.2, 0.25) is 5.91 Å². The van der Waals surface area contributed by atoms with Crippen molar-refractivity contribution >= 4 is 17.5 Å². The molecular formula is C25H29N5O3. The number of aryl methyl sites for hydroxylation is 2. The number of furan rings is 1. The monoisotopic (exact) mass is 447 g/mol. The molecule has 0 unspecified atom stereocenters. The van der Waals surface area contributed by atoms with Gasteiger partial charge in [-0.25, -0.2) is 4.98 Å². The van der Waals surface area contributed by atoms with Crippen molar-refractivity contribution in [3.05, 3.63) is 65.5 Å². The maximum absolute atomic E-state index is 13.3. The van der Waals surface area contributed by atoms with Gasteiger partial charge in [0.1, 0.15) is 11.3 Å². The van der Waals surface area contributed by atoms with E-state index in [1.165, 1.54) is 0 Å². The van der Waals surface area contributed by atoms with Gasteiger partial charge in [-0.05, 0) is 70.0 Å². The summed E-state index contributed by atoms with van der Waals surface area (Å²) in [5, 5.41) is 3.01. The highest BCUT2D eigenvalue weighted by Gasteiger charge is 2.51. The summed E-state index contributed by atoms with van der Waals surface area (Å²) in [5.41, 5.74) is 2.35. The fraction of sp³-hybridized carbons (Fsp3) is 0.400. The molecule has 5 rings (SSSR count). The summed E-state index contributed by atoms with van der Waals surface area (Å²) in [4.78, 5) is 34.8. The SMILES string of the molecule is Cc1cc(C(=O)N2CC[C@@]3(C2)c2cccn2-c2ncccc2N3CC(=O)NC(C)C)oc1C. The number of nitrogens with zero attached hydrogens (tertiary/aromatic N) is 4. The topological polar surface area (TPSA) is 83.6 Å². The first-order chi connectivity index (χ1) is 15.8. The molecule has 8 heteroatoms. The molecule has 1 spiro atoms. The minimum Gasteiger partial charge on any atom is -0.456 e. The lowest BCUT2D eigenvalue weighted by atomic mass is 9.88. The number of likely N-dealkylation sites (tertiary alicyclic amines) is 1. The van der Waals surface area contributed by atoms with Gasteiger partial charge in [-0.15, -0.1) is 0 Å². The summed E-state index contributed by atoms with van der Waals surface area (Å²) in [7, 11) is 0. The standard InChI is InChI=1S/C25H29N5O3/c1-16(2)27-22(31)14-30-19-7-5-10-26-23(19)29-11-6-8-21(29)25(30)9-12-28(15-25)24(32)20-13-17(3)18(4)33-20/h5-8,10-11,13,16H,9,12,14-15H2,1-4H3,(H,27,31)/t25-/m1/s1. The van der Waals surface area contributed by atoms with Crippen LogP contribution in [-0.2, 0) is 10.3 Å². The molecule has 0 saturated carbocycles. The van der Waals surface area contributed by atoms with E-state index in [4.69, 9.17) is 4.42 Å². The Hall–Kier alpha value is -3.55. The molecule has 0 aliphatic carbocycles. The lowest BCUT2D eigenvalue weighted by Gasteiger charge is -2.46. The van der Waals surface area contributed by atoms with Crippen LogP contribution < -0.4 is 10.2 Å². The third kappa shape index (κ3) is 3.41. The molecule has 3 aromatic rings. The van der Waals surface area contributed by atoms with E-state index < -0.39 is 5.54 Å². The quantitative estimate of drug-likeness (QED) is 0.664. The van der Waals surface area contributed by atoms with Crippen molar-refractivity contribution in [1.82, 2.24) is 19.8 Å². The molecular weight excluding hydrogens is 418 g/mol. The number of anilines is 1. The number of aromatic nitrogens is 2.